The van der Waals surface area contributed by atoms with Gasteiger partial charge in [0.05, 0.1) is 12.0 Å². The second-order valence-corrected chi connectivity index (χ2v) is 8.74. The van der Waals surface area contributed by atoms with Crippen LogP contribution in [0, 0.1) is 35.0 Å². The molecule has 3 nitrogen and oxygen atoms in total. The molecule has 0 spiro atoms. The maximum atomic E-state index is 12.0. The van der Waals surface area contributed by atoms with E-state index in [4.69, 9.17) is 10.00 Å². The van der Waals surface area contributed by atoms with Gasteiger partial charge in [-0.1, -0.05) is 20.3 Å². The molecule has 0 aromatic heterocycles. The monoisotopic (exact) mass is 347 g/mol. The van der Waals surface area contributed by atoms with Crippen molar-refractivity contribution in [3.63, 3.8) is 0 Å². The topological polar surface area (TPSA) is 50.1 Å². The van der Waals surface area contributed by atoms with Gasteiger partial charge < -0.3 is 4.74 Å². The van der Waals surface area contributed by atoms with E-state index in [1.165, 1.54) is 44.9 Å². The predicted octanol–water partition coefficient (Wildman–Crippen LogP) is 6.02. The van der Waals surface area contributed by atoms with Crippen molar-refractivity contribution in [2.24, 2.45) is 23.7 Å². The molecular formula is C22H37NO2. The Labute approximate surface area is 154 Å². The van der Waals surface area contributed by atoms with Crippen LogP contribution in [0.3, 0.4) is 0 Å². The Hall–Kier alpha value is -1.04. The van der Waals surface area contributed by atoms with Crippen LogP contribution in [0.2, 0.25) is 0 Å². The molecule has 0 unspecified atom stereocenters. The molecular weight excluding hydrogens is 310 g/mol. The van der Waals surface area contributed by atoms with Crippen LogP contribution in [0.1, 0.15) is 97.3 Å². The van der Waals surface area contributed by atoms with E-state index in [0.29, 0.717) is 5.92 Å². The van der Waals surface area contributed by atoms with Gasteiger partial charge in [0.15, 0.2) is 0 Å². The van der Waals surface area contributed by atoms with Crippen LogP contribution in [-0.4, -0.2) is 12.1 Å². The Morgan fingerprint density at radius 3 is 1.84 bits per heavy atom. The maximum Gasteiger partial charge on any atom is 0.309 e. The lowest BCUT2D eigenvalue weighted by molar-refractivity contribution is -0.156. The number of carbonyl (C=O) groups excluding carboxylic acids is 1. The summed E-state index contributed by atoms with van der Waals surface area (Å²) in [6.07, 6.45) is 15.5. The number of ether oxygens (including phenoxy) is 1. The predicted molar refractivity (Wildman–Crippen MR) is 101 cm³/mol. The normalized spacial score (nSPS) is 33.5. The fourth-order valence-corrected chi connectivity index (χ4v) is 4.33. The highest BCUT2D eigenvalue weighted by Gasteiger charge is 2.28. The minimum atomic E-state index is 0.0961. The van der Waals surface area contributed by atoms with Crippen molar-refractivity contribution >= 4 is 5.97 Å². The fraction of sp³-hybridized carbons (Fsp3) is 0.909. The summed E-state index contributed by atoms with van der Waals surface area (Å²) in [5, 5.41) is 8.53. The standard InChI is InChI=1S/C14H24O2.C8H13N/c1-11-7-9-12(10-8-11)14(15)16-13-5-3-2-4-6-13;1-7-2-4-8(6-9)5-3-7/h11-13H,2-10H2,1H3;7-8H,2-5H2,1H3. The van der Waals surface area contributed by atoms with Gasteiger partial charge in [-0.05, 0) is 88.9 Å². The van der Waals surface area contributed by atoms with Crippen molar-refractivity contribution in [2.45, 2.75) is 103 Å². The molecule has 142 valence electrons. The largest absolute Gasteiger partial charge is 0.462 e. The molecule has 0 atom stereocenters. The van der Waals surface area contributed by atoms with Crippen molar-refractivity contribution < 1.29 is 9.53 Å². The van der Waals surface area contributed by atoms with Gasteiger partial charge in [-0.2, -0.15) is 5.26 Å². The van der Waals surface area contributed by atoms with Gasteiger partial charge in [-0.15, -0.1) is 0 Å². The summed E-state index contributed by atoms with van der Waals surface area (Å²) >= 11 is 0. The Bertz CT molecular complexity index is 420. The maximum absolute atomic E-state index is 12.0. The zero-order valence-corrected chi connectivity index (χ0v) is 16.3. The zero-order valence-electron chi connectivity index (χ0n) is 16.3. The second-order valence-electron chi connectivity index (χ2n) is 8.74. The number of nitriles is 1. The van der Waals surface area contributed by atoms with Crippen LogP contribution < -0.4 is 0 Å². The third kappa shape index (κ3) is 7.38. The van der Waals surface area contributed by atoms with Crippen LogP contribution in [0.15, 0.2) is 0 Å². The van der Waals surface area contributed by atoms with Gasteiger partial charge in [-0.25, -0.2) is 0 Å². The number of esters is 1. The minimum absolute atomic E-state index is 0.0961. The minimum Gasteiger partial charge on any atom is -0.462 e. The lowest BCUT2D eigenvalue weighted by Crippen LogP contribution is -2.28. The van der Waals surface area contributed by atoms with Crippen molar-refractivity contribution in [2.75, 3.05) is 0 Å². The van der Waals surface area contributed by atoms with E-state index >= 15 is 0 Å². The van der Waals surface area contributed by atoms with E-state index in [1.807, 2.05) is 0 Å². The zero-order chi connectivity index (χ0) is 18.1. The fourth-order valence-electron chi connectivity index (χ4n) is 4.33. The smallest absolute Gasteiger partial charge is 0.309 e. The first-order valence-corrected chi connectivity index (χ1v) is 10.7. The number of nitrogens with zero attached hydrogens (tertiary/aromatic N) is 1. The molecule has 0 bridgehead atoms. The molecule has 3 saturated carbocycles. The average molecular weight is 348 g/mol. The summed E-state index contributed by atoms with van der Waals surface area (Å²) < 4.78 is 5.63. The van der Waals surface area contributed by atoms with E-state index in [0.717, 1.165) is 50.4 Å². The van der Waals surface area contributed by atoms with E-state index in [2.05, 4.69) is 19.9 Å². The number of carbonyl (C=O) groups is 1. The van der Waals surface area contributed by atoms with Crippen molar-refractivity contribution in [1.29, 1.82) is 5.26 Å². The molecule has 0 N–H and O–H groups in total. The van der Waals surface area contributed by atoms with Crippen molar-refractivity contribution in [3.05, 3.63) is 0 Å². The van der Waals surface area contributed by atoms with Crippen molar-refractivity contribution in [1.82, 2.24) is 0 Å². The van der Waals surface area contributed by atoms with E-state index < -0.39 is 0 Å². The quantitative estimate of drug-likeness (QED) is 0.573. The highest BCUT2D eigenvalue weighted by atomic mass is 16.5. The lowest BCUT2D eigenvalue weighted by atomic mass is 9.83. The molecule has 0 aromatic rings. The number of rotatable bonds is 2. The Kier molecular flexibility index (Phi) is 8.79. The molecule has 0 amide bonds. The van der Waals surface area contributed by atoms with E-state index in [-0.39, 0.29) is 18.0 Å². The first-order valence-electron chi connectivity index (χ1n) is 10.7. The molecule has 0 saturated heterocycles. The average Bonchev–Trinajstić information content (AvgIpc) is 2.64. The summed E-state index contributed by atoms with van der Waals surface area (Å²) in [5.41, 5.74) is 0. The summed E-state index contributed by atoms with van der Waals surface area (Å²) in [6, 6.07) is 2.32. The highest BCUT2D eigenvalue weighted by molar-refractivity contribution is 5.72. The summed E-state index contributed by atoms with van der Waals surface area (Å²) in [7, 11) is 0. The van der Waals surface area contributed by atoms with Gasteiger partial charge >= 0.3 is 5.97 Å². The molecule has 3 aliphatic carbocycles. The van der Waals surface area contributed by atoms with Crippen LogP contribution in [-0.2, 0) is 9.53 Å². The third-order valence-corrected chi connectivity index (χ3v) is 6.38. The van der Waals surface area contributed by atoms with Crippen molar-refractivity contribution in [3.8, 4) is 6.07 Å². The third-order valence-electron chi connectivity index (χ3n) is 6.38. The van der Waals surface area contributed by atoms with Gasteiger partial charge in [0.2, 0.25) is 0 Å². The van der Waals surface area contributed by atoms with Gasteiger partial charge in [-0.3, -0.25) is 4.79 Å². The van der Waals surface area contributed by atoms with E-state index in [1.54, 1.807) is 0 Å². The molecule has 3 fully saturated rings. The SMILES string of the molecule is CC1CCC(C#N)CC1.CC1CCC(C(=O)OC2CCCCC2)CC1. The van der Waals surface area contributed by atoms with Crippen LogP contribution in [0.5, 0.6) is 0 Å². The van der Waals surface area contributed by atoms with E-state index in [9.17, 15) is 4.79 Å². The molecule has 3 rings (SSSR count). The van der Waals surface area contributed by atoms with Gasteiger partial charge in [0.1, 0.15) is 6.10 Å². The molecule has 3 heteroatoms. The summed E-state index contributed by atoms with van der Waals surface area (Å²) in [4.78, 5) is 12.0. The summed E-state index contributed by atoms with van der Waals surface area (Å²) in [5.74, 6) is 2.35. The second kappa shape index (κ2) is 10.8. The summed E-state index contributed by atoms with van der Waals surface area (Å²) in [6.45, 7) is 4.55. The van der Waals surface area contributed by atoms with Crippen LogP contribution in [0.25, 0.3) is 0 Å². The number of hydrogen-bond acceptors (Lipinski definition) is 3. The first-order chi connectivity index (χ1) is 12.1. The highest BCUT2D eigenvalue weighted by Crippen LogP contribution is 2.30. The lowest BCUT2D eigenvalue weighted by Gasteiger charge is -2.28. The Morgan fingerprint density at radius 1 is 0.800 bits per heavy atom. The molecule has 0 aliphatic heterocycles. The number of hydrogen-bond donors (Lipinski definition) is 0. The Morgan fingerprint density at radius 2 is 1.32 bits per heavy atom. The van der Waals surface area contributed by atoms with Gasteiger partial charge in [0.25, 0.3) is 0 Å². The molecule has 25 heavy (non-hydrogen) atoms. The molecule has 0 radical (unpaired) electrons. The molecule has 0 aromatic carbocycles. The van der Waals surface area contributed by atoms with Crippen LogP contribution >= 0.6 is 0 Å². The Balaban J connectivity index is 0.000000212. The first kappa shape index (κ1) is 20.3. The molecule has 0 heterocycles. The molecule has 3 aliphatic rings. The van der Waals surface area contributed by atoms with Gasteiger partial charge in [0, 0.05) is 5.92 Å². The van der Waals surface area contributed by atoms with Crippen LogP contribution in [0.4, 0.5) is 0 Å².